The molecule has 0 N–H and O–H groups in total. The first-order valence-corrected chi connectivity index (χ1v) is 7.54. The molecule has 0 unspecified atom stereocenters. The van der Waals surface area contributed by atoms with Gasteiger partial charge in [-0.05, 0) is 30.7 Å². The Bertz CT molecular complexity index is 984. The highest BCUT2D eigenvalue weighted by Crippen LogP contribution is 2.12. The highest BCUT2D eigenvalue weighted by Gasteiger charge is 2.08. The van der Waals surface area contributed by atoms with Crippen LogP contribution in [0.25, 0.3) is 5.65 Å². The van der Waals surface area contributed by atoms with Crippen molar-refractivity contribution in [2.45, 2.75) is 13.5 Å². The normalized spacial score (nSPS) is 10.6. The number of rotatable bonds is 5. The van der Waals surface area contributed by atoms with Crippen molar-refractivity contribution in [3.8, 4) is 5.75 Å². The lowest BCUT2D eigenvalue weighted by Crippen LogP contribution is -2.18. The molecule has 0 saturated carbocycles. The molecule has 0 fully saturated rings. The molecule has 3 aromatic rings. The highest BCUT2D eigenvalue weighted by atomic mass is 19.1. The maximum atomic E-state index is 13.0. The van der Waals surface area contributed by atoms with E-state index in [1.165, 1.54) is 34.7 Å². The number of esters is 1. The molecular formula is C18H15FN2O4. The van der Waals surface area contributed by atoms with Gasteiger partial charge in [0.2, 0.25) is 0 Å². The van der Waals surface area contributed by atoms with E-state index in [2.05, 4.69) is 4.98 Å². The molecule has 0 aliphatic heterocycles. The van der Waals surface area contributed by atoms with Crippen LogP contribution in [-0.4, -0.2) is 22.0 Å². The van der Waals surface area contributed by atoms with Crippen molar-refractivity contribution >= 4 is 11.6 Å². The number of aryl methyl sites for hydroxylation is 1. The largest absolute Gasteiger partial charge is 0.482 e. The molecule has 0 atom stereocenters. The summed E-state index contributed by atoms with van der Waals surface area (Å²) < 4.78 is 24.6. The minimum absolute atomic E-state index is 0.148. The van der Waals surface area contributed by atoms with Crippen molar-refractivity contribution in [2.75, 3.05) is 6.61 Å². The molecule has 0 spiro atoms. The minimum Gasteiger partial charge on any atom is -0.482 e. The first kappa shape index (κ1) is 16.6. The van der Waals surface area contributed by atoms with E-state index in [-0.39, 0.29) is 24.5 Å². The Labute approximate surface area is 142 Å². The lowest BCUT2D eigenvalue weighted by atomic mass is 10.3. The number of ether oxygens (including phenoxy) is 2. The first-order chi connectivity index (χ1) is 12.0. The van der Waals surface area contributed by atoms with Crippen LogP contribution in [0.2, 0.25) is 0 Å². The number of carbonyl (C=O) groups excluding carboxylic acids is 1. The zero-order valence-electron chi connectivity index (χ0n) is 13.4. The van der Waals surface area contributed by atoms with Crippen LogP contribution in [-0.2, 0) is 16.1 Å². The molecule has 2 heterocycles. The Morgan fingerprint density at radius 1 is 1.24 bits per heavy atom. The van der Waals surface area contributed by atoms with Gasteiger partial charge in [-0.15, -0.1) is 0 Å². The molecule has 0 radical (unpaired) electrons. The van der Waals surface area contributed by atoms with Crippen LogP contribution >= 0.6 is 0 Å². The molecule has 0 saturated heterocycles. The second-order valence-electron chi connectivity index (χ2n) is 5.43. The average Bonchev–Trinajstić information content (AvgIpc) is 2.59. The van der Waals surface area contributed by atoms with E-state index in [0.717, 1.165) is 5.56 Å². The van der Waals surface area contributed by atoms with Crippen molar-refractivity contribution in [3.63, 3.8) is 0 Å². The Morgan fingerprint density at radius 2 is 2.08 bits per heavy atom. The molecule has 1 aromatic carbocycles. The van der Waals surface area contributed by atoms with Crippen LogP contribution in [0.3, 0.4) is 0 Å². The topological polar surface area (TPSA) is 69.9 Å². The zero-order valence-corrected chi connectivity index (χ0v) is 13.4. The number of aromatic nitrogens is 2. The summed E-state index contributed by atoms with van der Waals surface area (Å²) in [6, 6.07) is 10.3. The number of pyridine rings is 1. The third kappa shape index (κ3) is 4.20. The molecule has 0 amide bonds. The van der Waals surface area contributed by atoms with E-state index < -0.39 is 11.8 Å². The van der Waals surface area contributed by atoms with Crippen LogP contribution in [0.4, 0.5) is 4.39 Å². The third-order valence-electron chi connectivity index (χ3n) is 3.39. The Morgan fingerprint density at radius 3 is 2.88 bits per heavy atom. The fourth-order valence-corrected chi connectivity index (χ4v) is 2.23. The van der Waals surface area contributed by atoms with E-state index in [1.807, 2.05) is 13.0 Å². The quantitative estimate of drug-likeness (QED) is 0.665. The van der Waals surface area contributed by atoms with Crippen LogP contribution in [0.5, 0.6) is 5.75 Å². The molecule has 0 aliphatic carbocycles. The number of benzene rings is 1. The van der Waals surface area contributed by atoms with E-state index in [9.17, 15) is 14.0 Å². The SMILES string of the molecule is Cc1ccc2nc(COC(=O)COc3cccc(F)c3)cc(=O)n2c1. The van der Waals surface area contributed by atoms with Crippen molar-refractivity contribution < 1.29 is 18.7 Å². The molecule has 128 valence electrons. The summed E-state index contributed by atoms with van der Waals surface area (Å²) in [4.78, 5) is 28.1. The van der Waals surface area contributed by atoms with Gasteiger partial charge < -0.3 is 9.47 Å². The Balaban J connectivity index is 1.61. The monoisotopic (exact) mass is 342 g/mol. The number of carbonyl (C=O) groups is 1. The summed E-state index contributed by atoms with van der Waals surface area (Å²) in [5, 5.41) is 0. The third-order valence-corrected chi connectivity index (χ3v) is 3.39. The van der Waals surface area contributed by atoms with Gasteiger partial charge in [-0.1, -0.05) is 12.1 Å². The minimum atomic E-state index is -0.643. The number of nitrogens with zero attached hydrogens (tertiary/aromatic N) is 2. The van der Waals surface area contributed by atoms with Crippen LogP contribution in [0, 0.1) is 12.7 Å². The maximum Gasteiger partial charge on any atom is 0.344 e. The molecule has 0 aliphatic rings. The maximum absolute atomic E-state index is 13.0. The summed E-state index contributed by atoms with van der Waals surface area (Å²) >= 11 is 0. The van der Waals surface area contributed by atoms with Crippen LogP contribution in [0.15, 0.2) is 53.5 Å². The van der Waals surface area contributed by atoms with Gasteiger partial charge in [0, 0.05) is 18.3 Å². The molecule has 2 aromatic heterocycles. The average molecular weight is 342 g/mol. The summed E-state index contributed by atoms with van der Waals surface area (Å²) in [7, 11) is 0. The van der Waals surface area contributed by atoms with Gasteiger partial charge in [0.1, 0.15) is 23.8 Å². The van der Waals surface area contributed by atoms with Crippen molar-refractivity contribution in [1.29, 1.82) is 0 Å². The fourth-order valence-electron chi connectivity index (χ4n) is 2.23. The molecule has 25 heavy (non-hydrogen) atoms. The van der Waals surface area contributed by atoms with E-state index in [0.29, 0.717) is 11.3 Å². The van der Waals surface area contributed by atoms with Gasteiger partial charge in [-0.3, -0.25) is 9.20 Å². The second kappa shape index (κ2) is 7.12. The Hall–Kier alpha value is -3.22. The predicted octanol–water partition coefficient (Wildman–Crippen LogP) is 2.26. The Kier molecular flexibility index (Phi) is 4.74. The van der Waals surface area contributed by atoms with Gasteiger partial charge in [-0.2, -0.15) is 0 Å². The van der Waals surface area contributed by atoms with Crippen LogP contribution < -0.4 is 10.3 Å². The fraction of sp³-hybridized carbons (Fsp3) is 0.167. The molecule has 0 bridgehead atoms. The number of hydrogen-bond donors (Lipinski definition) is 0. The lowest BCUT2D eigenvalue weighted by molar-refractivity contribution is -0.147. The van der Waals surface area contributed by atoms with E-state index in [1.54, 1.807) is 12.3 Å². The molecular weight excluding hydrogens is 327 g/mol. The summed E-state index contributed by atoms with van der Waals surface area (Å²) in [6.07, 6.45) is 1.69. The smallest absolute Gasteiger partial charge is 0.344 e. The number of halogens is 1. The van der Waals surface area contributed by atoms with E-state index in [4.69, 9.17) is 9.47 Å². The number of hydrogen-bond acceptors (Lipinski definition) is 5. The second-order valence-corrected chi connectivity index (χ2v) is 5.43. The standard InChI is InChI=1S/C18H15FN2O4/c1-12-5-6-16-20-14(8-17(22)21(16)9-12)10-25-18(23)11-24-15-4-2-3-13(19)7-15/h2-9H,10-11H2,1H3. The predicted molar refractivity (Wildman–Crippen MR) is 87.9 cm³/mol. The molecule has 3 rings (SSSR count). The summed E-state index contributed by atoms with van der Waals surface area (Å²) in [5.74, 6) is -0.869. The van der Waals surface area contributed by atoms with Gasteiger partial charge in [-0.25, -0.2) is 14.2 Å². The van der Waals surface area contributed by atoms with Gasteiger partial charge >= 0.3 is 5.97 Å². The van der Waals surface area contributed by atoms with Gasteiger partial charge in [0.25, 0.3) is 5.56 Å². The highest BCUT2D eigenvalue weighted by molar-refractivity contribution is 5.71. The molecule has 6 nitrogen and oxygen atoms in total. The molecule has 7 heteroatoms. The zero-order chi connectivity index (χ0) is 17.8. The van der Waals surface area contributed by atoms with Crippen molar-refractivity contribution in [1.82, 2.24) is 9.38 Å². The lowest BCUT2D eigenvalue weighted by Gasteiger charge is -2.08. The van der Waals surface area contributed by atoms with Gasteiger partial charge in [0.05, 0.1) is 5.69 Å². The van der Waals surface area contributed by atoms with E-state index >= 15 is 0 Å². The first-order valence-electron chi connectivity index (χ1n) is 7.54. The summed E-state index contributed by atoms with van der Waals surface area (Å²) in [5.41, 5.74) is 1.49. The van der Waals surface area contributed by atoms with Crippen molar-refractivity contribution in [3.05, 3.63) is 76.1 Å². The number of fused-ring (bicyclic) bond motifs is 1. The summed E-state index contributed by atoms with van der Waals surface area (Å²) in [6.45, 7) is 1.36. The van der Waals surface area contributed by atoms with Crippen LogP contribution in [0.1, 0.15) is 11.3 Å². The van der Waals surface area contributed by atoms with Crippen molar-refractivity contribution in [2.24, 2.45) is 0 Å². The van der Waals surface area contributed by atoms with Gasteiger partial charge in [0.15, 0.2) is 6.61 Å².